The van der Waals surface area contributed by atoms with Crippen molar-refractivity contribution in [2.24, 2.45) is 0 Å². The lowest BCUT2D eigenvalue weighted by Gasteiger charge is -2.22. The van der Waals surface area contributed by atoms with Crippen LogP contribution in [0.5, 0.6) is 0 Å². The predicted octanol–water partition coefficient (Wildman–Crippen LogP) is 3.71. The molecule has 58 heavy (non-hydrogen) atoms. The molecule has 26 heteroatoms. The van der Waals surface area contributed by atoms with E-state index < -0.39 is 96.8 Å². The van der Waals surface area contributed by atoms with Crippen LogP contribution in [0.2, 0.25) is 0 Å². The summed E-state index contributed by atoms with van der Waals surface area (Å²) in [5, 5.41) is 45.7. The smallest absolute Gasteiger partial charge is 0.303 e. The van der Waals surface area contributed by atoms with Crippen LogP contribution in [0.25, 0.3) is 0 Å². The Labute approximate surface area is 422 Å². The quantitative estimate of drug-likeness (QED) is 0.0676. The summed E-state index contributed by atoms with van der Waals surface area (Å²) in [5.41, 5.74) is 0.399. The normalized spacial score (nSPS) is 11.8. The van der Waals surface area contributed by atoms with Crippen molar-refractivity contribution in [3.05, 3.63) is 43.7 Å². The molecule has 320 valence electrons. The zero-order valence-corrected chi connectivity index (χ0v) is 44.5. The summed E-state index contributed by atoms with van der Waals surface area (Å²) in [4.78, 5) is 96.4. The first kappa shape index (κ1) is 55.4. The summed E-state index contributed by atoms with van der Waals surface area (Å²) in [6, 6.07) is -1.93. The minimum Gasteiger partial charge on any atom is -0.453 e. The number of nitrogens with one attached hydrogen (secondary N) is 4. The van der Waals surface area contributed by atoms with Crippen LogP contribution in [-0.2, 0) is 28.7 Å². The molecular formula is C32H32Cl2I6N4O14. The molecule has 0 saturated heterocycles. The number of benzene rings is 2. The van der Waals surface area contributed by atoms with E-state index >= 15 is 0 Å². The number of ether oxygens (including phenoxy) is 2. The van der Waals surface area contributed by atoms with Crippen molar-refractivity contribution < 1.29 is 68.3 Å². The van der Waals surface area contributed by atoms with Gasteiger partial charge in [0.25, 0.3) is 34.1 Å². The van der Waals surface area contributed by atoms with Gasteiger partial charge in [0.05, 0.1) is 86.4 Å². The molecule has 0 spiro atoms. The van der Waals surface area contributed by atoms with E-state index in [1.54, 1.807) is 45.2 Å². The van der Waals surface area contributed by atoms with Crippen LogP contribution in [0.15, 0.2) is 0 Å². The van der Waals surface area contributed by atoms with Crippen molar-refractivity contribution in [3.63, 3.8) is 0 Å². The van der Waals surface area contributed by atoms with E-state index in [4.69, 9.17) is 32.7 Å². The molecule has 0 aliphatic carbocycles. The lowest BCUT2D eigenvalue weighted by Crippen LogP contribution is -2.42. The fourth-order valence-corrected chi connectivity index (χ4v) is 14.0. The molecule has 8 N–H and O–H groups in total. The fourth-order valence-electron chi connectivity index (χ4n) is 4.16. The number of amides is 4. The highest BCUT2D eigenvalue weighted by Crippen LogP contribution is 2.38. The molecule has 2 aromatic carbocycles. The van der Waals surface area contributed by atoms with Gasteiger partial charge in [-0.3, -0.25) is 38.4 Å². The molecule has 0 bridgehead atoms. The van der Waals surface area contributed by atoms with Gasteiger partial charge in [-0.25, -0.2) is 0 Å². The Kier molecular flexibility index (Phi) is 25.0. The van der Waals surface area contributed by atoms with Crippen LogP contribution < -0.4 is 21.3 Å². The Bertz CT molecular complexity index is 1870. The number of rotatable bonds is 16. The molecule has 0 unspecified atom stereocenters. The lowest BCUT2D eigenvalue weighted by atomic mass is 10.1. The number of carbonyl (C=O) groups excluding carboxylic acids is 8. The Morgan fingerprint density at radius 2 is 0.776 bits per heavy atom. The number of esters is 2. The molecule has 0 radical (unpaired) electrons. The molecule has 0 fully saturated rings. The van der Waals surface area contributed by atoms with E-state index in [1.807, 2.05) is 90.4 Å². The van der Waals surface area contributed by atoms with Gasteiger partial charge in [0.15, 0.2) is 12.2 Å². The molecule has 2 atom stereocenters. The van der Waals surface area contributed by atoms with Crippen LogP contribution >= 0.6 is 159 Å². The minimum atomic E-state index is -1.17. The average molecular weight is 1530 g/mol. The van der Waals surface area contributed by atoms with Crippen LogP contribution in [0.1, 0.15) is 69.1 Å². The van der Waals surface area contributed by atoms with E-state index in [0.717, 1.165) is 6.92 Å². The third kappa shape index (κ3) is 15.3. The number of anilines is 2. The first-order valence-corrected chi connectivity index (χ1v) is 23.0. The Balaban J connectivity index is 0.000000616. The first-order valence-electron chi connectivity index (χ1n) is 15.7. The molecule has 18 nitrogen and oxygen atoms in total. The molecular weight excluding hydrogens is 1500 g/mol. The third-order valence-corrected chi connectivity index (χ3v) is 13.8. The highest BCUT2D eigenvalue weighted by molar-refractivity contribution is 14.1. The van der Waals surface area contributed by atoms with Gasteiger partial charge < -0.3 is 51.2 Å². The zero-order valence-electron chi connectivity index (χ0n) is 30.0. The second-order valence-electron chi connectivity index (χ2n) is 11.2. The van der Waals surface area contributed by atoms with Crippen molar-refractivity contribution in [1.82, 2.24) is 10.6 Å². The summed E-state index contributed by atoms with van der Waals surface area (Å²) in [5.74, 6) is -4.07. The number of hydrogen-bond acceptors (Lipinski definition) is 14. The van der Waals surface area contributed by atoms with Gasteiger partial charge in [-0.1, -0.05) is 0 Å². The van der Waals surface area contributed by atoms with Gasteiger partial charge >= 0.3 is 11.9 Å². The SMILES string of the molecule is CC(=O)O[C@@H](C)C(=O)Nc1c(I)c(C(=O)Cl)c(I)c(C(=O)Cl)c1I.CC(=O)O[C@@H](C)C(=O)Nc1c(I)c(C(=O)NC(CO)CO)c(I)c(C(=O)NC(CO)CO)c1I. The Hall–Kier alpha value is -0.600. The molecule has 0 aromatic heterocycles. The minimum absolute atomic E-state index is 0.0151. The molecule has 0 aliphatic heterocycles. The largest absolute Gasteiger partial charge is 0.453 e. The van der Waals surface area contributed by atoms with Crippen LogP contribution in [0.3, 0.4) is 0 Å². The van der Waals surface area contributed by atoms with Gasteiger partial charge in [-0.2, -0.15) is 0 Å². The highest BCUT2D eigenvalue weighted by Gasteiger charge is 2.32. The molecule has 4 amide bonds. The predicted molar refractivity (Wildman–Crippen MR) is 260 cm³/mol. The van der Waals surface area contributed by atoms with E-state index in [-0.39, 0.29) is 44.3 Å². The Morgan fingerprint density at radius 3 is 1.02 bits per heavy atom. The Morgan fingerprint density at radius 1 is 0.517 bits per heavy atom. The molecule has 2 rings (SSSR count). The highest BCUT2D eigenvalue weighted by atomic mass is 127. The van der Waals surface area contributed by atoms with Gasteiger partial charge in [-0.15, -0.1) is 0 Å². The summed E-state index contributed by atoms with van der Waals surface area (Å²) in [6.45, 7) is 2.92. The number of carbonyl (C=O) groups is 8. The van der Waals surface area contributed by atoms with E-state index in [2.05, 4.69) is 21.3 Å². The second kappa shape index (κ2) is 26.1. The maximum Gasteiger partial charge on any atom is 0.303 e. The summed E-state index contributed by atoms with van der Waals surface area (Å²) in [7, 11) is 0. The number of halogens is 8. The van der Waals surface area contributed by atoms with Crippen molar-refractivity contribution >= 4 is 216 Å². The van der Waals surface area contributed by atoms with Gasteiger partial charge in [0.1, 0.15) is 0 Å². The second-order valence-corrected chi connectivity index (χ2v) is 18.4. The van der Waals surface area contributed by atoms with Crippen molar-refractivity contribution in [2.45, 2.75) is 52.0 Å². The van der Waals surface area contributed by atoms with E-state index in [1.165, 1.54) is 20.8 Å². The van der Waals surface area contributed by atoms with E-state index in [0.29, 0.717) is 10.7 Å². The van der Waals surface area contributed by atoms with E-state index in [9.17, 15) is 58.8 Å². The average Bonchev–Trinajstić information content (AvgIpc) is 3.12. The number of aliphatic hydroxyl groups excluding tert-OH is 4. The van der Waals surface area contributed by atoms with Crippen molar-refractivity contribution in [1.29, 1.82) is 0 Å². The maximum atomic E-state index is 13.0. The van der Waals surface area contributed by atoms with Crippen LogP contribution in [0, 0.1) is 21.4 Å². The topological polar surface area (TPSA) is 284 Å². The zero-order chi connectivity index (χ0) is 44.9. The summed E-state index contributed by atoms with van der Waals surface area (Å²) >= 11 is 22.1. The third-order valence-electron chi connectivity index (χ3n) is 6.95. The first-order chi connectivity index (χ1) is 26.9. The molecule has 0 saturated carbocycles. The molecule has 2 aromatic rings. The van der Waals surface area contributed by atoms with Gasteiger partial charge in [0, 0.05) is 21.0 Å². The lowest BCUT2D eigenvalue weighted by molar-refractivity contribution is -0.151. The van der Waals surface area contributed by atoms with Crippen LogP contribution in [-0.4, -0.2) is 117 Å². The monoisotopic (exact) mass is 1530 g/mol. The van der Waals surface area contributed by atoms with Gasteiger partial charge in [0.2, 0.25) is 0 Å². The van der Waals surface area contributed by atoms with Crippen molar-refractivity contribution in [3.8, 4) is 0 Å². The summed E-state index contributed by atoms with van der Waals surface area (Å²) in [6.07, 6.45) is -2.22. The molecule has 0 heterocycles. The van der Waals surface area contributed by atoms with Gasteiger partial charge in [-0.05, 0) is 173 Å². The molecule has 0 aliphatic rings. The maximum absolute atomic E-state index is 13.0. The summed E-state index contributed by atoms with van der Waals surface area (Å²) < 4.78 is 11.4. The van der Waals surface area contributed by atoms with Crippen LogP contribution in [0.4, 0.5) is 11.4 Å². The number of hydrogen-bond donors (Lipinski definition) is 8. The fraction of sp³-hybridized carbons (Fsp3) is 0.375. The number of aliphatic hydroxyl groups is 4. The van der Waals surface area contributed by atoms with Crippen molar-refractivity contribution in [2.75, 3.05) is 37.1 Å². The standard InChI is InChI=1S/C19H24I3N3O9.C13H8Cl2I3NO5/c1-7(34-8(2)30)17(31)25-16-14(21)11(18(32)23-9(3-26)4-27)13(20)12(15(16)22)19(33)24-10(5-28)6-29;1-3(24-4(2)20)13(23)19-10-8(17)5(11(14)21)7(16)6(9(10)18)12(15)22/h7,9-10,26-29H,3-6H2,1-2H3,(H,23,32)(H,24,33)(H,25,31);3H,1-2H3,(H,19,23)/t7-;3-/m00/s1.